The van der Waals surface area contributed by atoms with E-state index in [0.29, 0.717) is 6.61 Å². The lowest BCUT2D eigenvalue weighted by Crippen LogP contribution is -2.10. The van der Waals surface area contributed by atoms with E-state index in [0.717, 1.165) is 27.5 Å². The van der Waals surface area contributed by atoms with E-state index in [9.17, 15) is 10.1 Å². The molecule has 0 aliphatic rings. The van der Waals surface area contributed by atoms with Crippen molar-refractivity contribution in [3.63, 3.8) is 0 Å². The highest BCUT2D eigenvalue weighted by Crippen LogP contribution is 2.24. The van der Waals surface area contributed by atoms with Gasteiger partial charge in [0.25, 0.3) is 5.69 Å². The Morgan fingerprint density at radius 3 is 2.68 bits per heavy atom. The fraction of sp³-hybridized carbons (Fsp3) is 0.167. The molecule has 0 aliphatic carbocycles. The van der Waals surface area contributed by atoms with Gasteiger partial charge in [0.2, 0.25) is 0 Å². The molecule has 128 valence electrons. The van der Waals surface area contributed by atoms with Gasteiger partial charge in [-0.2, -0.15) is 0 Å². The summed E-state index contributed by atoms with van der Waals surface area (Å²) in [6, 6.07) is 14.2. The highest BCUT2D eigenvalue weighted by Gasteiger charge is 2.10. The lowest BCUT2D eigenvalue weighted by Gasteiger charge is -2.03. The highest BCUT2D eigenvalue weighted by atomic mass is 32.1. The van der Waals surface area contributed by atoms with E-state index in [1.807, 2.05) is 54.3 Å². The molecular formula is C18H17N3O3S. The second-order valence-electron chi connectivity index (χ2n) is 5.31. The van der Waals surface area contributed by atoms with Crippen LogP contribution in [-0.2, 0) is 7.05 Å². The molecule has 6 nitrogen and oxygen atoms in total. The monoisotopic (exact) mass is 355 g/mol. The zero-order chi connectivity index (χ0) is 17.8. The molecule has 0 fully saturated rings. The molecule has 0 saturated carbocycles. The number of hydrogen-bond acceptors (Lipinski definition) is 5. The third-order valence-corrected chi connectivity index (χ3v) is 4.57. The van der Waals surface area contributed by atoms with Gasteiger partial charge in [0.1, 0.15) is 5.75 Å². The number of nitrogens with zero attached hydrogens (tertiary/aromatic N) is 3. The molecule has 0 amide bonds. The summed E-state index contributed by atoms with van der Waals surface area (Å²) in [5, 5.41) is 12.9. The van der Waals surface area contributed by atoms with Crippen LogP contribution in [-0.4, -0.2) is 16.1 Å². The van der Waals surface area contributed by atoms with Crippen LogP contribution in [0.4, 0.5) is 11.4 Å². The molecule has 25 heavy (non-hydrogen) atoms. The average Bonchev–Trinajstić information content (AvgIpc) is 2.98. The topological polar surface area (TPSA) is 69.7 Å². The van der Waals surface area contributed by atoms with Crippen molar-refractivity contribution in [2.24, 2.45) is 12.0 Å². The lowest BCUT2D eigenvalue weighted by molar-refractivity contribution is -0.384. The van der Waals surface area contributed by atoms with Crippen molar-refractivity contribution in [1.82, 2.24) is 4.57 Å². The van der Waals surface area contributed by atoms with Crippen LogP contribution in [0.1, 0.15) is 6.92 Å². The molecule has 0 N–H and O–H groups in total. The lowest BCUT2D eigenvalue weighted by atomic mass is 10.1. The van der Waals surface area contributed by atoms with Crippen molar-refractivity contribution >= 4 is 22.7 Å². The van der Waals surface area contributed by atoms with Gasteiger partial charge in [-0.25, -0.2) is 4.99 Å². The molecule has 0 bridgehead atoms. The van der Waals surface area contributed by atoms with Crippen LogP contribution in [0.5, 0.6) is 5.75 Å². The number of benzene rings is 2. The zero-order valence-corrected chi connectivity index (χ0v) is 14.7. The summed E-state index contributed by atoms with van der Waals surface area (Å²) >= 11 is 1.49. The first-order chi connectivity index (χ1) is 12.1. The van der Waals surface area contributed by atoms with Crippen LogP contribution in [0.15, 0.2) is 58.9 Å². The van der Waals surface area contributed by atoms with Gasteiger partial charge in [0.05, 0.1) is 22.9 Å². The van der Waals surface area contributed by atoms with Gasteiger partial charge in [-0.3, -0.25) is 10.1 Å². The summed E-state index contributed by atoms with van der Waals surface area (Å²) in [7, 11) is 1.90. The summed E-state index contributed by atoms with van der Waals surface area (Å²) in [5.41, 5.74) is 2.58. The van der Waals surface area contributed by atoms with Crippen LogP contribution < -0.4 is 9.54 Å². The Hall–Kier alpha value is -2.93. The SMILES string of the molecule is CCOc1ccc(N=c2scc(-c3cccc([N+](=O)[O-])c3)n2C)cc1. The number of aromatic nitrogens is 1. The summed E-state index contributed by atoms with van der Waals surface area (Å²) in [6.45, 7) is 2.57. The molecule has 3 aromatic rings. The minimum atomic E-state index is -0.388. The summed E-state index contributed by atoms with van der Waals surface area (Å²) < 4.78 is 7.36. The Kier molecular flexibility index (Phi) is 4.95. The number of thiazole rings is 1. The molecular weight excluding hydrogens is 338 g/mol. The molecule has 1 aromatic heterocycles. The van der Waals surface area contributed by atoms with Crippen LogP contribution in [0.25, 0.3) is 11.3 Å². The molecule has 2 aromatic carbocycles. The van der Waals surface area contributed by atoms with Crippen molar-refractivity contribution < 1.29 is 9.66 Å². The molecule has 0 spiro atoms. The Bertz CT molecular complexity index is 958. The van der Waals surface area contributed by atoms with Gasteiger partial charge >= 0.3 is 0 Å². The standard InChI is InChI=1S/C18H17N3O3S/c1-3-24-16-9-7-14(8-10-16)19-18-20(2)17(12-25-18)13-5-4-6-15(11-13)21(22)23/h4-12H,3H2,1-2H3. The van der Waals surface area contributed by atoms with Crippen molar-refractivity contribution in [3.05, 3.63) is 68.8 Å². The highest BCUT2D eigenvalue weighted by molar-refractivity contribution is 7.07. The molecule has 0 atom stereocenters. The molecule has 3 rings (SSSR count). The second-order valence-corrected chi connectivity index (χ2v) is 6.15. The molecule has 0 saturated heterocycles. The first-order valence-electron chi connectivity index (χ1n) is 7.75. The van der Waals surface area contributed by atoms with Crippen LogP contribution in [0, 0.1) is 10.1 Å². The van der Waals surface area contributed by atoms with E-state index in [2.05, 4.69) is 4.99 Å². The fourth-order valence-corrected chi connectivity index (χ4v) is 3.33. The van der Waals surface area contributed by atoms with Gasteiger partial charge in [-0.05, 0) is 31.2 Å². The summed E-state index contributed by atoms with van der Waals surface area (Å²) in [6.07, 6.45) is 0. The van der Waals surface area contributed by atoms with Crippen molar-refractivity contribution in [2.75, 3.05) is 6.61 Å². The first-order valence-corrected chi connectivity index (χ1v) is 8.63. The predicted molar refractivity (Wildman–Crippen MR) is 98.2 cm³/mol. The van der Waals surface area contributed by atoms with Crippen molar-refractivity contribution in [2.45, 2.75) is 6.92 Å². The normalized spacial score (nSPS) is 11.5. The fourth-order valence-electron chi connectivity index (χ4n) is 2.41. The van der Waals surface area contributed by atoms with Gasteiger partial charge < -0.3 is 9.30 Å². The predicted octanol–water partition coefficient (Wildman–Crippen LogP) is 4.29. The minimum absolute atomic E-state index is 0.0775. The molecule has 0 aliphatic heterocycles. The summed E-state index contributed by atoms with van der Waals surface area (Å²) in [4.78, 5) is 16.0. The van der Waals surface area contributed by atoms with E-state index in [-0.39, 0.29) is 10.6 Å². The molecule has 0 unspecified atom stereocenters. The Balaban J connectivity index is 1.95. The van der Waals surface area contributed by atoms with E-state index in [1.54, 1.807) is 12.1 Å². The third-order valence-electron chi connectivity index (χ3n) is 3.65. The number of nitro benzene ring substituents is 1. The Morgan fingerprint density at radius 2 is 2.00 bits per heavy atom. The Morgan fingerprint density at radius 1 is 1.24 bits per heavy atom. The minimum Gasteiger partial charge on any atom is -0.494 e. The number of non-ortho nitro benzene ring substituents is 1. The smallest absolute Gasteiger partial charge is 0.270 e. The molecule has 7 heteroatoms. The zero-order valence-electron chi connectivity index (χ0n) is 13.9. The van der Waals surface area contributed by atoms with Gasteiger partial charge in [-0.1, -0.05) is 12.1 Å². The average molecular weight is 355 g/mol. The number of nitro groups is 1. The second kappa shape index (κ2) is 7.31. The molecule has 0 radical (unpaired) electrons. The third kappa shape index (κ3) is 3.77. The number of hydrogen-bond donors (Lipinski definition) is 0. The van der Waals surface area contributed by atoms with E-state index < -0.39 is 0 Å². The van der Waals surface area contributed by atoms with Gasteiger partial charge in [0, 0.05) is 30.1 Å². The van der Waals surface area contributed by atoms with Crippen LogP contribution >= 0.6 is 11.3 Å². The van der Waals surface area contributed by atoms with Gasteiger partial charge in [-0.15, -0.1) is 11.3 Å². The van der Waals surface area contributed by atoms with Crippen LogP contribution in [0.3, 0.4) is 0 Å². The molecule has 1 heterocycles. The maximum Gasteiger partial charge on any atom is 0.270 e. The van der Waals surface area contributed by atoms with E-state index >= 15 is 0 Å². The maximum atomic E-state index is 11.0. The number of rotatable bonds is 5. The maximum absolute atomic E-state index is 11.0. The first kappa shape index (κ1) is 16.9. The van der Waals surface area contributed by atoms with E-state index in [4.69, 9.17) is 4.74 Å². The van der Waals surface area contributed by atoms with Crippen LogP contribution in [0.2, 0.25) is 0 Å². The summed E-state index contributed by atoms with van der Waals surface area (Å²) in [5.74, 6) is 0.814. The largest absolute Gasteiger partial charge is 0.494 e. The quantitative estimate of drug-likeness (QED) is 0.506. The van der Waals surface area contributed by atoms with E-state index in [1.165, 1.54) is 17.4 Å². The van der Waals surface area contributed by atoms with Gasteiger partial charge in [0.15, 0.2) is 4.80 Å². The van der Waals surface area contributed by atoms with Crippen molar-refractivity contribution in [3.8, 4) is 17.0 Å². The Labute approximate surface area is 148 Å². The van der Waals surface area contributed by atoms with Crippen molar-refractivity contribution in [1.29, 1.82) is 0 Å². The number of ether oxygens (including phenoxy) is 1.